The summed E-state index contributed by atoms with van der Waals surface area (Å²) in [5.74, 6) is -1.15. The maximum atomic E-state index is 11.2. The van der Waals surface area contributed by atoms with E-state index < -0.39 is 5.97 Å². The average molecular weight is 208 g/mol. The minimum Gasteiger partial charge on any atom is -0.504 e. The number of carbonyl (C=O) groups is 1. The van der Waals surface area contributed by atoms with Gasteiger partial charge >= 0.3 is 5.97 Å². The monoisotopic (exact) mass is 208 g/mol. The third kappa shape index (κ3) is 2.49. The number of rotatable bonds is 3. The number of aliphatic hydroxyl groups excluding tert-OH is 1. The Balaban J connectivity index is 3.12. The molecule has 80 valence electrons. The topological polar surface area (TPSA) is 55.8 Å². The summed E-state index contributed by atoms with van der Waals surface area (Å²) in [5, 5.41) is 9.74. The van der Waals surface area contributed by atoms with E-state index in [4.69, 9.17) is 4.74 Å². The lowest BCUT2D eigenvalue weighted by Crippen LogP contribution is -2.09. The Labute approximate surface area is 87.7 Å². The highest BCUT2D eigenvalue weighted by molar-refractivity contribution is 5.93. The molecule has 0 bridgehead atoms. The molecule has 1 N–H and O–H groups in total. The fourth-order valence-corrected chi connectivity index (χ4v) is 1.10. The van der Waals surface area contributed by atoms with Crippen LogP contribution in [0.1, 0.15) is 5.56 Å². The fourth-order valence-electron chi connectivity index (χ4n) is 1.10. The second-order valence-electron chi connectivity index (χ2n) is 2.74. The molecule has 1 aromatic carbocycles. The van der Waals surface area contributed by atoms with Crippen LogP contribution < -0.4 is 0 Å². The van der Waals surface area contributed by atoms with Crippen LogP contribution in [0, 0.1) is 0 Å². The van der Waals surface area contributed by atoms with E-state index in [1.165, 1.54) is 14.2 Å². The van der Waals surface area contributed by atoms with Crippen molar-refractivity contribution in [1.82, 2.24) is 0 Å². The van der Waals surface area contributed by atoms with E-state index in [2.05, 4.69) is 4.74 Å². The molecule has 0 saturated carbocycles. The van der Waals surface area contributed by atoms with Crippen molar-refractivity contribution in [2.24, 2.45) is 0 Å². The van der Waals surface area contributed by atoms with Gasteiger partial charge in [-0.05, 0) is 0 Å². The number of carbonyl (C=O) groups excluding carboxylic acids is 1. The Bertz CT molecular complexity index is 367. The normalized spacial score (nSPS) is 11.6. The van der Waals surface area contributed by atoms with Gasteiger partial charge in [-0.15, -0.1) is 0 Å². The Hall–Kier alpha value is -1.97. The zero-order chi connectivity index (χ0) is 11.3. The molecule has 0 spiro atoms. The molecule has 0 heterocycles. The van der Waals surface area contributed by atoms with Crippen molar-refractivity contribution in [1.29, 1.82) is 0 Å². The van der Waals surface area contributed by atoms with E-state index in [9.17, 15) is 9.90 Å². The van der Waals surface area contributed by atoms with Crippen LogP contribution in [0.4, 0.5) is 0 Å². The van der Waals surface area contributed by atoms with E-state index in [-0.39, 0.29) is 11.5 Å². The maximum absolute atomic E-state index is 11.2. The molecule has 0 unspecified atom stereocenters. The molecule has 1 aromatic rings. The number of esters is 1. The Morgan fingerprint density at radius 1 is 1.13 bits per heavy atom. The molecular weight excluding hydrogens is 196 g/mol. The largest absolute Gasteiger partial charge is 0.504 e. The van der Waals surface area contributed by atoms with E-state index in [1.807, 2.05) is 0 Å². The first-order valence-electron chi connectivity index (χ1n) is 4.31. The van der Waals surface area contributed by atoms with Crippen LogP contribution in [0.15, 0.2) is 36.1 Å². The molecule has 0 aromatic heterocycles. The van der Waals surface area contributed by atoms with Gasteiger partial charge in [0.05, 0.1) is 14.2 Å². The molecule has 0 aliphatic carbocycles. The number of methoxy groups -OCH3 is 2. The fraction of sp³-hybridized carbons (Fsp3) is 0.182. The smallest absolute Gasteiger partial charge is 0.377 e. The lowest BCUT2D eigenvalue weighted by atomic mass is 10.1. The Kier molecular flexibility index (Phi) is 3.74. The van der Waals surface area contributed by atoms with Gasteiger partial charge in [0.25, 0.3) is 0 Å². The number of aliphatic hydroxyl groups is 1. The van der Waals surface area contributed by atoms with Crippen molar-refractivity contribution < 1.29 is 19.4 Å². The minimum atomic E-state index is -0.709. The lowest BCUT2D eigenvalue weighted by molar-refractivity contribution is -0.139. The van der Waals surface area contributed by atoms with Gasteiger partial charge in [-0.25, -0.2) is 4.79 Å². The highest BCUT2D eigenvalue weighted by Crippen LogP contribution is 2.16. The van der Waals surface area contributed by atoms with Crippen LogP contribution in [-0.2, 0) is 14.3 Å². The van der Waals surface area contributed by atoms with Crippen LogP contribution in [0.25, 0.3) is 5.76 Å². The molecule has 0 atom stereocenters. The maximum Gasteiger partial charge on any atom is 0.377 e. The summed E-state index contributed by atoms with van der Waals surface area (Å²) in [4.78, 5) is 11.2. The van der Waals surface area contributed by atoms with Gasteiger partial charge in [0.1, 0.15) is 0 Å². The van der Waals surface area contributed by atoms with E-state index in [1.54, 1.807) is 30.3 Å². The van der Waals surface area contributed by atoms with E-state index >= 15 is 0 Å². The van der Waals surface area contributed by atoms with E-state index in [0.717, 1.165) is 0 Å². The van der Waals surface area contributed by atoms with Gasteiger partial charge in [0.2, 0.25) is 5.76 Å². The molecule has 0 radical (unpaired) electrons. The van der Waals surface area contributed by atoms with Gasteiger partial charge in [-0.3, -0.25) is 0 Å². The Morgan fingerprint density at radius 2 is 1.73 bits per heavy atom. The van der Waals surface area contributed by atoms with Crippen LogP contribution in [0.5, 0.6) is 0 Å². The summed E-state index contributed by atoms with van der Waals surface area (Å²) in [6.45, 7) is 0. The molecule has 0 fully saturated rings. The highest BCUT2D eigenvalue weighted by Gasteiger charge is 2.17. The van der Waals surface area contributed by atoms with Gasteiger partial charge in [-0.1, -0.05) is 30.3 Å². The van der Waals surface area contributed by atoms with Crippen molar-refractivity contribution in [3.63, 3.8) is 0 Å². The zero-order valence-corrected chi connectivity index (χ0v) is 8.56. The third-order valence-electron chi connectivity index (χ3n) is 1.84. The summed E-state index contributed by atoms with van der Waals surface area (Å²) in [6, 6.07) is 8.63. The van der Waals surface area contributed by atoms with Crippen molar-refractivity contribution in [3.8, 4) is 0 Å². The standard InChI is InChI=1S/C11H12O4/c1-14-10(11(13)15-2)9(12)8-6-4-3-5-7-8/h3-7,12H,1-2H3/b10-9-. The molecule has 4 nitrogen and oxygen atoms in total. The van der Waals surface area contributed by atoms with Gasteiger partial charge < -0.3 is 14.6 Å². The second kappa shape index (κ2) is 5.05. The first kappa shape index (κ1) is 11.1. The number of hydrogen-bond donors (Lipinski definition) is 1. The predicted molar refractivity (Wildman–Crippen MR) is 55.0 cm³/mol. The second-order valence-corrected chi connectivity index (χ2v) is 2.74. The van der Waals surface area contributed by atoms with Crippen molar-refractivity contribution >= 4 is 11.7 Å². The summed E-state index contributed by atoms with van der Waals surface area (Å²) < 4.78 is 9.24. The number of benzene rings is 1. The van der Waals surface area contributed by atoms with Crippen molar-refractivity contribution in [3.05, 3.63) is 41.7 Å². The summed E-state index contributed by atoms with van der Waals surface area (Å²) in [7, 11) is 2.52. The molecule has 0 amide bonds. The Morgan fingerprint density at radius 3 is 2.20 bits per heavy atom. The molecule has 0 aliphatic heterocycles. The van der Waals surface area contributed by atoms with Crippen LogP contribution in [0.3, 0.4) is 0 Å². The number of ether oxygens (including phenoxy) is 2. The van der Waals surface area contributed by atoms with Crippen LogP contribution >= 0.6 is 0 Å². The van der Waals surface area contributed by atoms with Gasteiger partial charge in [-0.2, -0.15) is 0 Å². The average Bonchev–Trinajstić information content (AvgIpc) is 2.30. The van der Waals surface area contributed by atoms with Crippen molar-refractivity contribution in [2.45, 2.75) is 0 Å². The predicted octanol–water partition coefficient (Wildman–Crippen LogP) is 1.73. The number of hydrogen-bond acceptors (Lipinski definition) is 4. The van der Waals surface area contributed by atoms with Crippen molar-refractivity contribution in [2.75, 3.05) is 14.2 Å². The van der Waals surface area contributed by atoms with Gasteiger partial charge in [0, 0.05) is 5.56 Å². The summed E-state index contributed by atoms with van der Waals surface area (Å²) in [5.41, 5.74) is 0.500. The SMILES string of the molecule is COC(=O)/C(OC)=C(/O)c1ccccc1. The molecule has 1 rings (SSSR count). The van der Waals surface area contributed by atoms with E-state index in [0.29, 0.717) is 5.56 Å². The zero-order valence-electron chi connectivity index (χ0n) is 8.56. The molecule has 0 saturated heterocycles. The highest BCUT2D eigenvalue weighted by atomic mass is 16.6. The molecule has 15 heavy (non-hydrogen) atoms. The van der Waals surface area contributed by atoms with Crippen LogP contribution in [-0.4, -0.2) is 25.3 Å². The first-order chi connectivity index (χ1) is 7.20. The summed E-state index contributed by atoms with van der Waals surface area (Å²) >= 11 is 0. The minimum absolute atomic E-state index is 0.205. The third-order valence-corrected chi connectivity index (χ3v) is 1.84. The van der Waals surface area contributed by atoms with Gasteiger partial charge in [0.15, 0.2) is 5.76 Å². The molecule has 4 heteroatoms. The quantitative estimate of drug-likeness (QED) is 0.467. The molecular formula is C11H12O4. The van der Waals surface area contributed by atoms with Crippen LogP contribution in [0.2, 0.25) is 0 Å². The first-order valence-corrected chi connectivity index (χ1v) is 4.31. The lowest BCUT2D eigenvalue weighted by Gasteiger charge is -2.07. The molecule has 0 aliphatic rings. The summed E-state index contributed by atoms with van der Waals surface area (Å²) in [6.07, 6.45) is 0.